The van der Waals surface area contributed by atoms with Crippen molar-refractivity contribution in [3.05, 3.63) is 94.4 Å². The van der Waals surface area contributed by atoms with Crippen LogP contribution in [0.3, 0.4) is 0 Å². The molecule has 0 spiro atoms. The van der Waals surface area contributed by atoms with Gasteiger partial charge in [0.15, 0.2) is 0 Å². The largest absolute Gasteiger partial charge is 0.460 e. The molecule has 31 heavy (non-hydrogen) atoms. The number of nitrogens with zero attached hydrogens (tertiary/aromatic N) is 2. The van der Waals surface area contributed by atoms with Gasteiger partial charge in [-0.05, 0) is 36.6 Å². The second-order valence-electron chi connectivity index (χ2n) is 8.80. The minimum absolute atomic E-state index is 0.00974. The predicted molar refractivity (Wildman–Crippen MR) is 118 cm³/mol. The van der Waals surface area contributed by atoms with Crippen molar-refractivity contribution < 1.29 is 8.81 Å². The molecular formula is C26H23FN2O2. The molecule has 4 aromatic rings. The molecule has 2 aromatic heterocycles. The molecule has 2 bridgehead atoms. The van der Waals surface area contributed by atoms with E-state index in [2.05, 4.69) is 17.0 Å². The number of hydrogen-bond donors (Lipinski definition) is 0. The highest BCUT2D eigenvalue weighted by Crippen LogP contribution is 2.40. The first-order valence-corrected chi connectivity index (χ1v) is 10.8. The number of benzene rings is 2. The van der Waals surface area contributed by atoms with Crippen LogP contribution < -0.4 is 5.56 Å². The summed E-state index contributed by atoms with van der Waals surface area (Å²) in [6, 6.07) is 20.4. The monoisotopic (exact) mass is 414 g/mol. The summed E-state index contributed by atoms with van der Waals surface area (Å²) in [4.78, 5) is 15.1. The molecule has 0 N–H and O–H groups in total. The Bertz CT molecular complexity index is 1310. The average Bonchev–Trinajstić information content (AvgIpc) is 3.17. The standard InChI is InChI=1S/C26H23FN2O2/c27-23-7-3-2-6-21(23)22-9-10-25(30)29-14-17-11-19(26(22)29)15-28(13-17)16-20-12-18-5-1-4-8-24(18)31-20/h1-10,12,17,19H,11,13-16H2. The summed E-state index contributed by atoms with van der Waals surface area (Å²) < 4.78 is 22.6. The summed E-state index contributed by atoms with van der Waals surface area (Å²) >= 11 is 0. The molecule has 1 saturated heterocycles. The second kappa shape index (κ2) is 7.20. The lowest BCUT2D eigenvalue weighted by atomic mass is 9.80. The zero-order chi connectivity index (χ0) is 20.9. The number of pyridine rings is 1. The lowest BCUT2D eigenvalue weighted by Gasteiger charge is -2.43. The fourth-order valence-electron chi connectivity index (χ4n) is 5.49. The number of fused-ring (bicyclic) bond motifs is 5. The van der Waals surface area contributed by atoms with E-state index >= 15 is 0 Å². The van der Waals surface area contributed by atoms with Gasteiger partial charge in [0, 0.05) is 53.8 Å². The summed E-state index contributed by atoms with van der Waals surface area (Å²) in [5.41, 5.74) is 3.30. The van der Waals surface area contributed by atoms with Crippen LogP contribution in [0.2, 0.25) is 0 Å². The molecule has 2 aliphatic heterocycles. The maximum Gasteiger partial charge on any atom is 0.250 e. The van der Waals surface area contributed by atoms with Crippen LogP contribution in [-0.2, 0) is 13.1 Å². The summed E-state index contributed by atoms with van der Waals surface area (Å²) in [5.74, 6) is 1.31. The maximum absolute atomic E-state index is 14.6. The summed E-state index contributed by atoms with van der Waals surface area (Å²) in [7, 11) is 0. The zero-order valence-electron chi connectivity index (χ0n) is 17.1. The summed E-state index contributed by atoms with van der Waals surface area (Å²) in [6.07, 6.45) is 1.03. The fraction of sp³-hybridized carbons (Fsp3) is 0.269. The first-order valence-electron chi connectivity index (χ1n) is 10.8. The molecule has 0 amide bonds. The number of rotatable bonds is 3. The zero-order valence-corrected chi connectivity index (χ0v) is 17.1. The molecule has 2 aromatic carbocycles. The molecular weight excluding hydrogens is 391 g/mol. The van der Waals surface area contributed by atoms with Crippen molar-refractivity contribution in [3.63, 3.8) is 0 Å². The third-order valence-electron chi connectivity index (χ3n) is 6.69. The minimum atomic E-state index is -0.249. The van der Waals surface area contributed by atoms with Crippen LogP contribution in [0.15, 0.2) is 75.9 Å². The third-order valence-corrected chi connectivity index (χ3v) is 6.69. The van der Waals surface area contributed by atoms with Crippen molar-refractivity contribution in [2.75, 3.05) is 13.1 Å². The normalized spacial score (nSPS) is 20.7. The van der Waals surface area contributed by atoms with E-state index in [0.717, 1.165) is 54.0 Å². The molecule has 4 nitrogen and oxygen atoms in total. The van der Waals surface area contributed by atoms with E-state index in [0.29, 0.717) is 18.0 Å². The summed E-state index contributed by atoms with van der Waals surface area (Å²) in [6.45, 7) is 3.19. The Morgan fingerprint density at radius 3 is 2.65 bits per heavy atom. The first kappa shape index (κ1) is 18.6. The van der Waals surface area contributed by atoms with E-state index in [1.165, 1.54) is 6.07 Å². The fourth-order valence-corrected chi connectivity index (χ4v) is 5.49. The van der Waals surface area contributed by atoms with Crippen molar-refractivity contribution in [1.29, 1.82) is 0 Å². The van der Waals surface area contributed by atoms with Gasteiger partial charge < -0.3 is 8.98 Å². The number of aromatic nitrogens is 1. The van der Waals surface area contributed by atoms with Gasteiger partial charge in [-0.3, -0.25) is 9.69 Å². The Labute approximate surface area is 179 Å². The Morgan fingerprint density at radius 1 is 0.935 bits per heavy atom. The number of likely N-dealkylation sites (tertiary alicyclic amines) is 1. The van der Waals surface area contributed by atoms with Crippen LogP contribution in [0.1, 0.15) is 23.8 Å². The maximum atomic E-state index is 14.6. The van der Waals surface area contributed by atoms with Gasteiger partial charge in [0.1, 0.15) is 17.2 Å². The van der Waals surface area contributed by atoms with E-state index in [4.69, 9.17) is 4.42 Å². The van der Waals surface area contributed by atoms with Crippen LogP contribution in [0.5, 0.6) is 0 Å². The molecule has 5 heteroatoms. The van der Waals surface area contributed by atoms with Crippen LogP contribution in [0.4, 0.5) is 4.39 Å². The lowest BCUT2D eigenvalue weighted by Crippen LogP contribution is -2.47. The van der Waals surface area contributed by atoms with Crippen LogP contribution in [-0.4, -0.2) is 22.6 Å². The van der Waals surface area contributed by atoms with E-state index < -0.39 is 0 Å². The van der Waals surface area contributed by atoms with Gasteiger partial charge >= 0.3 is 0 Å². The molecule has 0 radical (unpaired) electrons. The van der Waals surface area contributed by atoms with E-state index in [9.17, 15) is 9.18 Å². The van der Waals surface area contributed by atoms with E-state index in [1.807, 2.05) is 28.8 Å². The first-order chi connectivity index (χ1) is 15.2. The Morgan fingerprint density at radius 2 is 1.77 bits per heavy atom. The average molecular weight is 414 g/mol. The number of halogens is 1. The highest BCUT2D eigenvalue weighted by atomic mass is 19.1. The quantitative estimate of drug-likeness (QED) is 0.473. The van der Waals surface area contributed by atoms with Gasteiger partial charge in [-0.1, -0.05) is 36.4 Å². The Balaban J connectivity index is 1.36. The molecule has 2 unspecified atom stereocenters. The smallest absolute Gasteiger partial charge is 0.250 e. The molecule has 4 heterocycles. The Kier molecular flexibility index (Phi) is 4.32. The molecule has 156 valence electrons. The molecule has 6 rings (SSSR count). The summed E-state index contributed by atoms with van der Waals surface area (Å²) in [5, 5.41) is 1.12. The van der Waals surface area contributed by atoms with Gasteiger partial charge in [-0.25, -0.2) is 4.39 Å². The lowest BCUT2D eigenvalue weighted by molar-refractivity contribution is 0.109. The van der Waals surface area contributed by atoms with Gasteiger partial charge in [-0.15, -0.1) is 0 Å². The molecule has 2 atom stereocenters. The highest BCUT2D eigenvalue weighted by Gasteiger charge is 2.36. The van der Waals surface area contributed by atoms with Gasteiger partial charge in [0.25, 0.3) is 5.56 Å². The number of piperidine rings is 1. The number of para-hydroxylation sites is 1. The van der Waals surface area contributed by atoms with Crippen LogP contribution >= 0.6 is 0 Å². The number of furan rings is 1. The topological polar surface area (TPSA) is 38.4 Å². The third kappa shape index (κ3) is 3.20. The number of hydrogen-bond acceptors (Lipinski definition) is 3. The van der Waals surface area contributed by atoms with Crippen molar-refractivity contribution >= 4 is 11.0 Å². The second-order valence-corrected chi connectivity index (χ2v) is 8.80. The minimum Gasteiger partial charge on any atom is -0.460 e. The van der Waals surface area contributed by atoms with Gasteiger partial charge in [-0.2, -0.15) is 0 Å². The van der Waals surface area contributed by atoms with Crippen molar-refractivity contribution in [1.82, 2.24) is 9.47 Å². The molecule has 2 aliphatic rings. The van der Waals surface area contributed by atoms with Crippen molar-refractivity contribution in [2.45, 2.75) is 25.4 Å². The molecule has 0 saturated carbocycles. The van der Waals surface area contributed by atoms with Crippen molar-refractivity contribution in [2.24, 2.45) is 5.92 Å². The SMILES string of the molecule is O=c1ccc(-c2ccccc2F)c2n1CC1CC2CN(Cc2cc3ccccc3o2)C1. The van der Waals surface area contributed by atoms with Crippen LogP contribution in [0.25, 0.3) is 22.1 Å². The van der Waals surface area contributed by atoms with Crippen molar-refractivity contribution in [3.8, 4) is 11.1 Å². The highest BCUT2D eigenvalue weighted by molar-refractivity contribution is 5.77. The Hall–Kier alpha value is -3.18. The van der Waals surface area contributed by atoms with E-state index in [-0.39, 0.29) is 17.3 Å². The predicted octanol–water partition coefficient (Wildman–Crippen LogP) is 5.02. The molecule has 0 aliphatic carbocycles. The van der Waals surface area contributed by atoms with Crippen LogP contribution in [0, 0.1) is 11.7 Å². The van der Waals surface area contributed by atoms with Gasteiger partial charge in [0.05, 0.1) is 6.54 Å². The molecule has 1 fully saturated rings. The van der Waals surface area contributed by atoms with E-state index in [1.54, 1.807) is 24.3 Å². The van der Waals surface area contributed by atoms with Gasteiger partial charge in [0.2, 0.25) is 0 Å².